The van der Waals surface area contributed by atoms with E-state index in [2.05, 4.69) is 4.90 Å². The molecule has 0 bridgehead atoms. The van der Waals surface area contributed by atoms with Crippen LogP contribution in [0.15, 0.2) is 21.7 Å². The third-order valence-corrected chi connectivity index (χ3v) is 9.86. The van der Waals surface area contributed by atoms with E-state index >= 15 is 0 Å². The topological polar surface area (TPSA) is 71.5 Å². The first-order chi connectivity index (χ1) is 9.90. The molecule has 0 radical (unpaired) electrons. The minimum absolute atomic E-state index is 0.0255. The Morgan fingerprint density at radius 2 is 1.86 bits per heavy atom. The summed E-state index contributed by atoms with van der Waals surface area (Å²) in [4.78, 5) is 2.07. The van der Waals surface area contributed by atoms with E-state index in [9.17, 15) is 16.8 Å². The van der Waals surface area contributed by atoms with Crippen molar-refractivity contribution in [2.75, 3.05) is 24.6 Å². The van der Waals surface area contributed by atoms with Crippen LogP contribution in [0.3, 0.4) is 0 Å². The zero-order valence-corrected chi connectivity index (χ0v) is 14.1. The van der Waals surface area contributed by atoms with Crippen molar-refractivity contribution in [3.63, 3.8) is 0 Å². The fourth-order valence-electron chi connectivity index (χ4n) is 3.26. The van der Waals surface area contributed by atoms with Crippen molar-refractivity contribution in [3.05, 3.63) is 17.5 Å². The van der Waals surface area contributed by atoms with Gasteiger partial charge in [0.05, 0.1) is 16.8 Å². The highest BCUT2D eigenvalue weighted by Gasteiger charge is 2.48. The summed E-state index contributed by atoms with van der Waals surface area (Å²) in [5.41, 5.74) is 0. The second-order valence-corrected chi connectivity index (χ2v) is 11.3. The van der Waals surface area contributed by atoms with Gasteiger partial charge in [0.1, 0.15) is 4.21 Å². The third-order valence-electron chi connectivity index (χ3n) is 4.31. The van der Waals surface area contributed by atoms with Gasteiger partial charge in [-0.15, -0.1) is 11.3 Å². The Hall–Kier alpha value is -0.440. The Bertz CT molecular complexity index is 688. The van der Waals surface area contributed by atoms with Gasteiger partial charge in [-0.25, -0.2) is 16.8 Å². The quantitative estimate of drug-likeness (QED) is 0.819. The molecule has 2 aliphatic rings. The minimum Gasteiger partial charge on any atom is -0.298 e. The highest BCUT2D eigenvalue weighted by atomic mass is 32.2. The molecule has 2 unspecified atom stereocenters. The number of thiophene rings is 1. The largest absolute Gasteiger partial charge is 0.298 e. The summed E-state index contributed by atoms with van der Waals surface area (Å²) in [5.74, 6) is -0.267. The van der Waals surface area contributed by atoms with Gasteiger partial charge in [-0.1, -0.05) is 12.5 Å². The fourth-order valence-corrected chi connectivity index (χ4v) is 9.31. The Morgan fingerprint density at radius 3 is 2.48 bits per heavy atom. The smallest absolute Gasteiger partial charge is 0.193 e. The Labute approximate surface area is 129 Å². The molecule has 118 valence electrons. The molecule has 8 heteroatoms. The van der Waals surface area contributed by atoms with Crippen LogP contribution in [-0.2, 0) is 19.7 Å². The lowest BCUT2D eigenvalue weighted by atomic mass is 10.1. The van der Waals surface area contributed by atoms with E-state index in [0.29, 0.717) is 0 Å². The normalized spacial score (nSPS) is 30.5. The number of sulfone groups is 2. The van der Waals surface area contributed by atoms with Crippen molar-refractivity contribution in [2.45, 2.75) is 34.8 Å². The van der Waals surface area contributed by atoms with Crippen molar-refractivity contribution in [1.29, 1.82) is 0 Å². The SMILES string of the molecule is O=S1(=O)CC(N2CCCCC2)C(S(=O)(=O)c2cccs2)C1. The minimum atomic E-state index is -3.57. The van der Waals surface area contributed by atoms with Gasteiger partial charge in [0.15, 0.2) is 19.7 Å². The van der Waals surface area contributed by atoms with Crippen LogP contribution < -0.4 is 0 Å². The molecule has 2 fully saturated rings. The molecular weight excluding hydrogens is 330 g/mol. The molecule has 3 rings (SSSR count). The number of piperidine rings is 1. The molecule has 0 aromatic carbocycles. The van der Waals surface area contributed by atoms with Crippen molar-refractivity contribution in [3.8, 4) is 0 Å². The lowest BCUT2D eigenvalue weighted by Crippen LogP contribution is -2.48. The standard InChI is InChI=1S/C13H19NO4S3/c15-20(16)9-11(14-6-2-1-3-7-14)12(10-20)21(17,18)13-5-4-8-19-13/h4-5,8,11-12H,1-3,6-7,9-10H2. The van der Waals surface area contributed by atoms with E-state index in [-0.39, 0.29) is 21.8 Å². The number of rotatable bonds is 3. The van der Waals surface area contributed by atoms with Crippen LogP contribution in [0.25, 0.3) is 0 Å². The molecule has 1 aromatic heterocycles. The number of nitrogens with zero attached hydrogens (tertiary/aromatic N) is 1. The summed E-state index contributed by atoms with van der Waals surface area (Å²) in [6, 6.07) is 2.87. The summed E-state index contributed by atoms with van der Waals surface area (Å²) < 4.78 is 49.8. The van der Waals surface area contributed by atoms with Crippen molar-refractivity contribution < 1.29 is 16.8 Å². The van der Waals surface area contributed by atoms with Crippen LogP contribution >= 0.6 is 11.3 Å². The second kappa shape index (κ2) is 5.64. The molecule has 0 spiro atoms. The molecule has 2 atom stereocenters. The molecule has 0 N–H and O–H groups in total. The Morgan fingerprint density at radius 1 is 1.14 bits per heavy atom. The molecule has 2 saturated heterocycles. The van der Waals surface area contributed by atoms with E-state index in [4.69, 9.17) is 0 Å². The Kier molecular flexibility index (Phi) is 4.15. The molecular formula is C13H19NO4S3. The lowest BCUT2D eigenvalue weighted by molar-refractivity contribution is 0.178. The lowest BCUT2D eigenvalue weighted by Gasteiger charge is -2.34. The highest BCUT2D eigenvalue weighted by molar-refractivity contribution is 7.97. The van der Waals surface area contributed by atoms with Gasteiger partial charge in [-0.2, -0.15) is 0 Å². The fraction of sp³-hybridized carbons (Fsp3) is 0.692. The molecule has 0 amide bonds. The van der Waals surface area contributed by atoms with Crippen LogP contribution in [-0.4, -0.2) is 57.6 Å². The van der Waals surface area contributed by atoms with E-state index in [1.165, 1.54) is 0 Å². The van der Waals surface area contributed by atoms with Crippen LogP contribution in [0.2, 0.25) is 0 Å². The molecule has 2 aliphatic heterocycles. The van der Waals surface area contributed by atoms with Gasteiger partial charge in [-0.3, -0.25) is 4.90 Å². The maximum atomic E-state index is 12.8. The molecule has 1 aromatic rings. The van der Waals surface area contributed by atoms with Gasteiger partial charge >= 0.3 is 0 Å². The number of likely N-dealkylation sites (tertiary alicyclic amines) is 1. The van der Waals surface area contributed by atoms with Gasteiger partial charge in [-0.05, 0) is 37.4 Å². The van der Waals surface area contributed by atoms with E-state index in [0.717, 1.165) is 43.7 Å². The van der Waals surface area contributed by atoms with Gasteiger partial charge in [0.2, 0.25) is 0 Å². The van der Waals surface area contributed by atoms with Crippen LogP contribution in [0.4, 0.5) is 0 Å². The average Bonchev–Trinajstić information content (AvgIpc) is 3.07. The number of hydrogen-bond acceptors (Lipinski definition) is 6. The molecule has 0 aliphatic carbocycles. The molecule has 21 heavy (non-hydrogen) atoms. The first kappa shape index (κ1) is 15.5. The summed E-state index contributed by atoms with van der Waals surface area (Å²) >= 11 is 1.16. The van der Waals surface area contributed by atoms with Crippen molar-refractivity contribution in [2.24, 2.45) is 0 Å². The predicted molar refractivity (Wildman–Crippen MR) is 83.2 cm³/mol. The van der Waals surface area contributed by atoms with Gasteiger partial charge < -0.3 is 0 Å². The third kappa shape index (κ3) is 3.04. The van der Waals surface area contributed by atoms with Gasteiger partial charge in [0, 0.05) is 6.04 Å². The maximum Gasteiger partial charge on any atom is 0.193 e. The molecule has 3 heterocycles. The summed E-state index contributed by atoms with van der Waals surface area (Å²) in [6.07, 6.45) is 3.17. The zero-order chi connectivity index (χ0) is 15.1. The van der Waals surface area contributed by atoms with Crippen LogP contribution in [0.5, 0.6) is 0 Å². The van der Waals surface area contributed by atoms with Crippen molar-refractivity contribution in [1.82, 2.24) is 4.90 Å². The van der Waals surface area contributed by atoms with Crippen molar-refractivity contribution >= 4 is 31.0 Å². The van der Waals surface area contributed by atoms with E-state index in [1.807, 2.05) is 0 Å². The van der Waals surface area contributed by atoms with Crippen LogP contribution in [0.1, 0.15) is 19.3 Å². The number of hydrogen-bond donors (Lipinski definition) is 0. The molecule has 0 saturated carbocycles. The summed E-state index contributed by atoms with van der Waals surface area (Å²) in [6.45, 7) is 1.60. The van der Waals surface area contributed by atoms with E-state index < -0.39 is 24.9 Å². The summed E-state index contributed by atoms with van der Waals surface area (Å²) in [5, 5.41) is 0.894. The van der Waals surface area contributed by atoms with Crippen LogP contribution in [0, 0.1) is 0 Å². The highest BCUT2D eigenvalue weighted by Crippen LogP contribution is 2.32. The predicted octanol–water partition coefficient (Wildman–Crippen LogP) is 1.17. The van der Waals surface area contributed by atoms with Gasteiger partial charge in [0.25, 0.3) is 0 Å². The van der Waals surface area contributed by atoms with E-state index in [1.54, 1.807) is 17.5 Å². The monoisotopic (exact) mass is 349 g/mol. The first-order valence-electron chi connectivity index (χ1n) is 7.12. The molecule has 5 nitrogen and oxygen atoms in total. The average molecular weight is 349 g/mol. The Balaban J connectivity index is 1.94. The maximum absolute atomic E-state index is 12.8. The summed E-state index contributed by atoms with van der Waals surface area (Å²) in [7, 11) is -6.85. The second-order valence-electron chi connectivity index (χ2n) is 5.76. The first-order valence-corrected chi connectivity index (χ1v) is 11.4. The zero-order valence-electron chi connectivity index (χ0n) is 11.6.